The lowest BCUT2D eigenvalue weighted by Gasteiger charge is -2.16. The van der Waals surface area contributed by atoms with Crippen LogP contribution in [-0.4, -0.2) is 14.8 Å². The summed E-state index contributed by atoms with van der Waals surface area (Å²) in [7, 11) is 0. The van der Waals surface area contributed by atoms with Crippen LogP contribution in [0.3, 0.4) is 0 Å². The van der Waals surface area contributed by atoms with E-state index in [0.717, 1.165) is 28.0 Å². The van der Waals surface area contributed by atoms with Gasteiger partial charge in [0.1, 0.15) is 0 Å². The minimum absolute atomic E-state index is 0.208. The van der Waals surface area contributed by atoms with Crippen molar-refractivity contribution in [3.05, 3.63) is 46.0 Å². The largest absolute Gasteiger partial charge is 0.319 e. The number of aryl methyl sites for hydroxylation is 2. The molecule has 0 fully saturated rings. The molecule has 2 N–H and O–H groups in total. The fourth-order valence-electron chi connectivity index (χ4n) is 1.91. The lowest BCUT2D eigenvalue weighted by molar-refractivity contribution is 0.598. The van der Waals surface area contributed by atoms with E-state index in [0.29, 0.717) is 0 Å². The number of pyridine rings is 1. The van der Waals surface area contributed by atoms with E-state index in [1.807, 2.05) is 30.7 Å². The van der Waals surface area contributed by atoms with Crippen LogP contribution in [0, 0.1) is 6.92 Å². The zero-order valence-corrected chi connectivity index (χ0v) is 11.5. The molecule has 2 aromatic heterocycles. The summed E-state index contributed by atoms with van der Waals surface area (Å²) in [6.07, 6.45) is 3.56. The maximum absolute atomic E-state index is 6.31. The number of halogens is 1. The summed E-state index contributed by atoms with van der Waals surface area (Å²) in [5, 5.41) is 4.28. The summed E-state index contributed by atoms with van der Waals surface area (Å²) in [4.78, 5) is 4.27. The first-order valence-corrected chi connectivity index (χ1v) is 6.32. The van der Waals surface area contributed by atoms with E-state index in [-0.39, 0.29) is 6.04 Å². The molecule has 2 heterocycles. The van der Waals surface area contributed by atoms with Crippen molar-refractivity contribution in [2.45, 2.75) is 26.4 Å². The predicted molar refractivity (Wildman–Crippen MR) is 70.6 cm³/mol. The number of nitrogens with zero attached hydrogens (tertiary/aromatic N) is 3. The minimum atomic E-state index is -0.208. The first-order valence-electron chi connectivity index (χ1n) is 5.53. The Morgan fingerprint density at radius 1 is 1.53 bits per heavy atom. The molecule has 0 amide bonds. The Kier molecular flexibility index (Phi) is 3.59. The molecular weight excluding hydrogens is 280 g/mol. The highest BCUT2D eigenvalue weighted by molar-refractivity contribution is 9.10. The normalized spacial score (nSPS) is 12.7. The van der Waals surface area contributed by atoms with Gasteiger partial charge in [-0.25, -0.2) is 0 Å². The van der Waals surface area contributed by atoms with Crippen LogP contribution < -0.4 is 5.73 Å². The molecular formula is C12H15BrN4. The molecule has 4 nitrogen and oxygen atoms in total. The van der Waals surface area contributed by atoms with Gasteiger partial charge in [-0.05, 0) is 41.4 Å². The highest BCUT2D eigenvalue weighted by Gasteiger charge is 2.19. The van der Waals surface area contributed by atoms with Gasteiger partial charge in [0.2, 0.25) is 0 Å². The van der Waals surface area contributed by atoms with Crippen LogP contribution in [0.25, 0.3) is 0 Å². The standard InChI is InChI=1S/C12H15BrN4/c1-3-17-12(10(13)7-16-17)11(14)9-5-4-6-15-8(9)2/h4-7,11H,3,14H2,1-2H3. The van der Waals surface area contributed by atoms with Gasteiger partial charge in [0.25, 0.3) is 0 Å². The summed E-state index contributed by atoms with van der Waals surface area (Å²) < 4.78 is 2.84. The topological polar surface area (TPSA) is 56.7 Å². The van der Waals surface area contributed by atoms with Gasteiger partial charge >= 0.3 is 0 Å². The van der Waals surface area contributed by atoms with Crippen LogP contribution in [0.1, 0.15) is 29.9 Å². The zero-order valence-electron chi connectivity index (χ0n) is 9.89. The van der Waals surface area contributed by atoms with Gasteiger partial charge in [-0.1, -0.05) is 6.07 Å². The van der Waals surface area contributed by atoms with Gasteiger partial charge in [-0.2, -0.15) is 5.10 Å². The molecule has 0 aliphatic carbocycles. The van der Waals surface area contributed by atoms with Crippen molar-refractivity contribution in [1.29, 1.82) is 0 Å². The summed E-state index contributed by atoms with van der Waals surface area (Å²) in [5.74, 6) is 0. The van der Waals surface area contributed by atoms with Gasteiger partial charge in [-0.15, -0.1) is 0 Å². The van der Waals surface area contributed by atoms with Crippen LogP contribution in [0.15, 0.2) is 29.0 Å². The third-order valence-electron chi connectivity index (χ3n) is 2.81. The molecule has 1 atom stereocenters. The molecule has 0 saturated carbocycles. The van der Waals surface area contributed by atoms with Gasteiger partial charge in [-0.3, -0.25) is 9.67 Å². The molecule has 0 radical (unpaired) electrons. The van der Waals surface area contributed by atoms with Crippen molar-refractivity contribution in [3.8, 4) is 0 Å². The predicted octanol–water partition coefficient (Wildman–Crippen LogP) is 2.42. The van der Waals surface area contributed by atoms with Gasteiger partial charge < -0.3 is 5.73 Å². The zero-order chi connectivity index (χ0) is 12.4. The summed E-state index contributed by atoms with van der Waals surface area (Å²) in [6.45, 7) is 4.81. The quantitative estimate of drug-likeness (QED) is 0.946. The van der Waals surface area contributed by atoms with E-state index in [1.165, 1.54) is 0 Å². The molecule has 1 unspecified atom stereocenters. The Morgan fingerprint density at radius 3 is 2.94 bits per heavy atom. The molecule has 0 aliphatic rings. The summed E-state index contributed by atoms with van der Waals surface area (Å²) >= 11 is 3.50. The average molecular weight is 295 g/mol. The fraction of sp³-hybridized carbons (Fsp3) is 0.333. The maximum atomic E-state index is 6.31. The molecule has 17 heavy (non-hydrogen) atoms. The monoisotopic (exact) mass is 294 g/mol. The molecule has 5 heteroatoms. The van der Waals surface area contributed by atoms with E-state index in [4.69, 9.17) is 5.73 Å². The molecule has 2 rings (SSSR count). The van der Waals surface area contributed by atoms with Crippen molar-refractivity contribution < 1.29 is 0 Å². The van der Waals surface area contributed by atoms with E-state index >= 15 is 0 Å². The smallest absolute Gasteiger partial charge is 0.0752 e. The Morgan fingerprint density at radius 2 is 2.29 bits per heavy atom. The lowest BCUT2D eigenvalue weighted by Crippen LogP contribution is -2.19. The van der Waals surface area contributed by atoms with Crippen molar-refractivity contribution in [2.75, 3.05) is 0 Å². The second-order valence-corrected chi connectivity index (χ2v) is 4.70. The van der Waals surface area contributed by atoms with Gasteiger partial charge in [0, 0.05) is 18.4 Å². The van der Waals surface area contributed by atoms with Gasteiger partial charge in [0.05, 0.1) is 22.4 Å². The Bertz CT molecular complexity index is 521. The van der Waals surface area contributed by atoms with Crippen LogP contribution in [-0.2, 0) is 6.54 Å². The SMILES string of the molecule is CCn1ncc(Br)c1C(N)c1cccnc1C. The Hall–Kier alpha value is -1.20. The van der Waals surface area contributed by atoms with Gasteiger partial charge in [0.15, 0.2) is 0 Å². The van der Waals surface area contributed by atoms with Crippen LogP contribution in [0.4, 0.5) is 0 Å². The molecule has 0 aromatic carbocycles. The van der Waals surface area contributed by atoms with Crippen LogP contribution in [0.5, 0.6) is 0 Å². The van der Waals surface area contributed by atoms with Crippen LogP contribution in [0.2, 0.25) is 0 Å². The molecule has 0 spiro atoms. The second kappa shape index (κ2) is 4.98. The highest BCUT2D eigenvalue weighted by Crippen LogP contribution is 2.27. The van der Waals surface area contributed by atoms with E-state index < -0.39 is 0 Å². The molecule has 0 bridgehead atoms. The van der Waals surface area contributed by atoms with Crippen molar-refractivity contribution in [3.63, 3.8) is 0 Å². The second-order valence-electron chi connectivity index (χ2n) is 3.85. The van der Waals surface area contributed by atoms with Crippen molar-refractivity contribution >= 4 is 15.9 Å². The van der Waals surface area contributed by atoms with Crippen molar-refractivity contribution in [1.82, 2.24) is 14.8 Å². The summed E-state index contributed by atoms with van der Waals surface area (Å²) in [6, 6.07) is 3.70. The molecule has 0 aliphatic heterocycles. The lowest BCUT2D eigenvalue weighted by atomic mass is 10.0. The Balaban J connectivity index is 2.47. The first kappa shape index (κ1) is 12.3. The number of hydrogen-bond donors (Lipinski definition) is 1. The highest BCUT2D eigenvalue weighted by atomic mass is 79.9. The van der Waals surface area contributed by atoms with Crippen molar-refractivity contribution in [2.24, 2.45) is 5.73 Å². The summed E-state index contributed by atoms with van der Waals surface area (Å²) in [5.41, 5.74) is 9.28. The Labute approximate surface area is 109 Å². The third-order valence-corrected chi connectivity index (χ3v) is 3.42. The molecule has 90 valence electrons. The fourth-order valence-corrected chi connectivity index (χ4v) is 2.45. The third kappa shape index (κ3) is 2.25. The number of nitrogens with two attached hydrogens (primary N) is 1. The number of aromatic nitrogens is 3. The minimum Gasteiger partial charge on any atom is -0.319 e. The molecule has 0 saturated heterocycles. The van der Waals surface area contributed by atoms with E-state index in [2.05, 4.69) is 26.0 Å². The van der Waals surface area contributed by atoms with Crippen LogP contribution >= 0.6 is 15.9 Å². The number of rotatable bonds is 3. The average Bonchev–Trinajstić information content (AvgIpc) is 2.70. The van der Waals surface area contributed by atoms with E-state index in [1.54, 1.807) is 12.4 Å². The molecule has 2 aromatic rings. The first-order chi connectivity index (χ1) is 8.15. The van der Waals surface area contributed by atoms with E-state index in [9.17, 15) is 0 Å². The maximum Gasteiger partial charge on any atom is 0.0752 e. The number of hydrogen-bond acceptors (Lipinski definition) is 3.